The van der Waals surface area contributed by atoms with Crippen molar-refractivity contribution in [1.82, 2.24) is 5.32 Å². The molecule has 0 saturated heterocycles. The van der Waals surface area contributed by atoms with Crippen LogP contribution in [0.25, 0.3) is 0 Å². The predicted octanol–water partition coefficient (Wildman–Crippen LogP) is 2.89. The molecule has 0 bridgehead atoms. The molecule has 1 N–H and O–H groups in total. The van der Waals surface area contributed by atoms with Crippen molar-refractivity contribution in [3.63, 3.8) is 0 Å². The summed E-state index contributed by atoms with van der Waals surface area (Å²) < 4.78 is 0. The van der Waals surface area contributed by atoms with Gasteiger partial charge in [0.05, 0.1) is 0 Å². The number of rotatable bonds is 5. The van der Waals surface area contributed by atoms with Gasteiger partial charge in [0.1, 0.15) is 0 Å². The number of carbonyl (C=O) groups excluding carboxylic acids is 1. The van der Waals surface area contributed by atoms with Gasteiger partial charge in [-0.05, 0) is 31.2 Å². The zero-order valence-corrected chi connectivity index (χ0v) is 9.70. The molecule has 2 nitrogen and oxygen atoms in total. The lowest BCUT2D eigenvalue weighted by Crippen LogP contribution is -2.32. The number of carbonyl (C=O) groups is 1. The number of thiophene rings is 1. The minimum atomic E-state index is 0.00771. The lowest BCUT2D eigenvalue weighted by Gasteiger charge is -2.11. The molecule has 1 amide bonds. The second-order valence-corrected chi connectivity index (χ2v) is 4.38. The molecule has 0 aliphatic heterocycles. The SMILES string of the molecule is CC(CCCCl)NC(=O)c1ccsc1. The van der Waals surface area contributed by atoms with Crippen molar-refractivity contribution in [2.75, 3.05) is 5.88 Å². The van der Waals surface area contributed by atoms with E-state index in [2.05, 4.69) is 5.32 Å². The zero-order valence-electron chi connectivity index (χ0n) is 8.13. The third-order valence-electron chi connectivity index (χ3n) is 1.93. The monoisotopic (exact) mass is 231 g/mol. The molecule has 1 atom stereocenters. The molecule has 1 heterocycles. The van der Waals surface area contributed by atoms with Crippen LogP contribution in [-0.4, -0.2) is 17.8 Å². The van der Waals surface area contributed by atoms with Crippen LogP contribution in [0.15, 0.2) is 16.8 Å². The molecule has 1 unspecified atom stereocenters. The summed E-state index contributed by atoms with van der Waals surface area (Å²) in [5.41, 5.74) is 0.743. The molecular formula is C10H14ClNOS. The van der Waals surface area contributed by atoms with E-state index in [4.69, 9.17) is 11.6 Å². The van der Waals surface area contributed by atoms with E-state index in [0.29, 0.717) is 5.88 Å². The number of hydrogen-bond donors (Lipinski definition) is 1. The summed E-state index contributed by atoms with van der Waals surface area (Å²) in [4.78, 5) is 11.5. The molecule has 14 heavy (non-hydrogen) atoms. The van der Waals surface area contributed by atoms with Gasteiger partial charge in [0.25, 0.3) is 5.91 Å². The first-order valence-corrected chi connectivity index (χ1v) is 6.11. The van der Waals surface area contributed by atoms with Crippen molar-refractivity contribution in [3.05, 3.63) is 22.4 Å². The van der Waals surface area contributed by atoms with Crippen LogP contribution < -0.4 is 5.32 Å². The van der Waals surface area contributed by atoms with Crippen molar-refractivity contribution in [3.8, 4) is 0 Å². The van der Waals surface area contributed by atoms with E-state index in [0.717, 1.165) is 18.4 Å². The maximum Gasteiger partial charge on any atom is 0.252 e. The van der Waals surface area contributed by atoms with Crippen LogP contribution in [0.4, 0.5) is 0 Å². The van der Waals surface area contributed by atoms with Crippen LogP contribution in [0.5, 0.6) is 0 Å². The second-order valence-electron chi connectivity index (χ2n) is 3.22. The first kappa shape index (κ1) is 11.5. The standard InChI is InChI=1S/C10H14ClNOS/c1-8(3-2-5-11)12-10(13)9-4-6-14-7-9/h4,6-8H,2-3,5H2,1H3,(H,12,13). The third kappa shape index (κ3) is 3.68. The molecule has 4 heteroatoms. The predicted molar refractivity (Wildman–Crippen MR) is 61.2 cm³/mol. The summed E-state index contributed by atoms with van der Waals surface area (Å²) >= 11 is 7.10. The molecule has 78 valence electrons. The summed E-state index contributed by atoms with van der Waals surface area (Å²) in [6, 6.07) is 2.02. The molecule has 0 aliphatic rings. The Hall–Kier alpha value is -0.540. The fraction of sp³-hybridized carbons (Fsp3) is 0.500. The van der Waals surface area contributed by atoms with E-state index in [1.165, 1.54) is 11.3 Å². The fourth-order valence-electron chi connectivity index (χ4n) is 1.16. The minimum absolute atomic E-state index is 0.00771. The maximum atomic E-state index is 11.5. The van der Waals surface area contributed by atoms with Crippen molar-refractivity contribution >= 4 is 28.8 Å². The summed E-state index contributed by atoms with van der Waals surface area (Å²) in [6.45, 7) is 2.00. The Kier molecular flexibility index (Phi) is 4.98. The summed E-state index contributed by atoms with van der Waals surface area (Å²) in [5, 5.41) is 6.68. The molecule has 1 aromatic rings. The highest BCUT2D eigenvalue weighted by molar-refractivity contribution is 7.08. The van der Waals surface area contributed by atoms with Gasteiger partial charge < -0.3 is 5.32 Å². The lowest BCUT2D eigenvalue weighted by atomic mass is 10.2. The average molecular weight is 232 g/mol. The van der Waals surface area contributed by atoms with Gasteiger partial charge in [-0.2, -0.15) is 11.3 Å². The highest BCUT2D eigenvalue weighted by Gasteiger charge is 2.08. The Bertz CT molecular complexity index is 274. The Morgan fingerprint density at radius 1 is 1.71 bits per heavy atom. The van der Waals surface area contributed by atoms with Gasteiger partial charge in [-0.1, -0.05) is 0 Å². The van der Waals surface area contributed by atoms with Crippen LogP contribution in [0.1, 0.15) is 30.1 Å². The normalized spacial score (nSPS) is 12.4. The van der Waals surface area contributed by atoms with Crippen LogP contribution in [0.3, 0.4) is 0 Å². The summed E-state index contributed by atoms with van der Waals surface area (Å²) in [6.07, 6.45) is 1.87. The maximum absolute atomic E-state index is 11.5. The molecule has 0 fully saturated rings. The van der Waals surface area contributed by atoms with Crippen LogP contribution in [0, 0.1) is 0 Å². The zero-order chi connectivity index (χ0) is 10.4. The Balaban J connectivity index is 2.34. The van der Waals surface area contributed by atoms with Gasteiger partial charge in [0.2, 0.25) is 0 Å². The van der Waals surface area contributed by atoms with Crippen LogP contribution in [-0.2, 0) is 0 Å². The van der Waals surface area contributed by atoms with Crippen molar-refractivity contribution in [2.24, 2.45) is 0 Å². The first-order chi connectivity index (χ1) is 6.74. The largest absolute Gasteiger partial charge is 0.350 e. The summed E-state index contributed by atoms with van der Waals surface area (Å²) in [7, 11) is 0. The van der Waals surface area contributed by atoms with Gasteiger partial charge in [-0.15, -0.1) is 11.6 Å². The van der Waals surface area contributed by atoms with Gasteiger partial charge in [0.15, 0.2) is 0 Å². The van der Waals surface area contributed by atoms with E-state index in [9.17, 15) is 4.79 Å². The summed E-state index contributed by atoms with van der Waals surface area (Å²) in [5.74, 6) is 0.659. The molecule has 1 rings (SSSR count). The van der Waals surface area contributed by atoms with Crippen LogP contribution in [0.2, 0.25) is 0 Å². The fourth-order valence-corrected chi connectivity index (χ4v) is 1.95. The van der Waals surface area contributed by atoms with E-state index in [-0.39, 0.29) is 11.9 Å². The van der Waals surface area contributed by atoms with Gasteiger partial charge >= 0.3 is 0 Å². The molecule has 1 aromatic heterocycles. The van der Waals surface area contributed by atoms with Crippen molar-refractivity contribution in [2.45, 2.75) is 25.8 Å². The number of hydrogen-bond acceptors (Lipinski definition) is 2. The van der Waals surface area contributed by atoms with Gasteiger partial charge in [0, 0.05) is 22.9 Å². The van der Waals surface area contributed by atoms with Crippen LogP contribution >= 0.6 is 22.9 Å². The quantitative estimate of drug-likeness (QED) is 0.776. The number of alkyl halides is 1. The number of halogens is 1. The first-order valence-electron chi connectivity index (χ1n) is 4.63. The number of amides is 1. The third-order valence-corrected chi connectivity index (χ3v) is 2.88. The lowest BCUT2D eigenvalue weighted by molar-refractivity contribution is 0.0939. The van der Waals surface area contributed by atoms with Crippen molar-refractivity contribution in [1.29, 1.82) is 0 Å². The Labute approximate surface area is 93.3 Å². The molecule has 0 aromatic carbocycles. The Morgan fingerprint density at radius 2 is 2.50 bits per heavy atom. The molecule has 0 saturated carbocycles. The molecule has 0 aliphatic carbocycles. The minimum Gasteiger partial charge on any atom is -0.350 e. The highest BCUT2D eigenvalue weighted by Crippen LogP contribution is 2.06. The molecule has 0 spiro atoms. The van der Waals surface area contributed by atoms with E-state index >= 15 is 0 Å². The Morgan fingerprint density at radius 3 is 3.07 bits per heavy atom. The average Bonchev–Trinajstić information content (AvgIpc) is 2.67. The van der Waals surface area contributed by atoms with E-state index in [1.807, 2.05) is 23.8 Å². The molecular weight excluding hydrogens is 218 g/mol. The smallest absolute Gasteiger partial charge is 0.252 e. The number of nitrogens with one attached hydrogen (secondary N) is 1. The van der Waals surface area contributed by atoms with E-state index in [1.54, 1.807) is 0 Å². The highest BCUT2D eigenvalue weighted by atomic mass is 35.5. The van der Waals surface area contributed by atoms with Gasteiger partial charge in [-0.3, -0.25) is 4.79 Å². The second kappa shape index (κ2) is 6.04. The topological polar surface area (TPSA) is 29.1 Å². The van der Waals surface area contributed by atoms with E-state index < -0.39 is 0 Å². The van der Waals surface area contributed by atoms with Gasteiger partial charge in [-0.25, -0.2) is 0 Å². The van der Waals surface area contributed by atoms with Crippen molar-refractivity contribution < 1.29 is 4.79 Å². The molecule has 0 radical (unpaired) electrons.